The third-order valence-corrected chi connectivity index (χ3v) is 2.39. The van der Waals surface area contributed by atoms with Crippen LogP contribution in [0.25, 0.3) is 0 Å². The first-order valence-electron chi connectivity index (χ1n) is 5.84. The van der Waals surface area contributed by atoms with E-state index in [0.717, 1.165) is 12.8 Å². The standard InChI is InChI=1S/C12H24O3/c1-5-7-12(14,8-6-2)9-15-11(13)10(3)4/h10,14H,5-9H2,1-4H3. The van der Waals surface area contributed by atoms with Crippen molar-refractivity contribution in [2.75, 3.05) is 6.61 Å². The van der Waals surface area contributed by atoms with Crippen LogP contribution in [0.5, 0.6) is 0 Å². The summed E-state index contributed by atoms with van der Waals surface area (Å²) >= 11 is 0. The molecule has 90 valence electrons. The van der Waals surface area contributed by atoms with Crippen molar-refractivity contribution in [3.63, 3.8) is 0 Å². The number of esters is 1. The molecular formula is C12H24O3. The van der Waals surface area contributed by atoms with Gasteiger partial charge in [0.25, 0.3) is 0 Å². The molecule has 0 aromatic heterocycles. The topological polar surface area (TPSA) is 46.5 Å². The number of carbonyl (C=O) groups is 1. The van der Waals surface area contributed by atoms with Crippen molar-refractivity contribution < 1.29 is 14.6 Å². The number of rotatable bonds is 7. The summed E-state index contributed by atoms with van der Waals surface area (Å²) in [6.07, 6.45) is 3.17. The Kier molecular flexibility index (Phi) is 6.57. The lowest BCUT2D eigenvalue weighted by molar-refractivity contribution is -0.156. The molecule has 0 saturated heterocycles. The van der Waals surface area contributed by atoms with E-state index in [4.69, 9.17) is 4.74 Å². The van der Waals surface area contributed by atoms with Crippen molar-refractivity contribution in [2.45, 2.75) is 59.0 Å². The number of aliphatic hydroxyl groups is 1. The van der Waals surface area contributed by atoms with Gasteiger partial charge in [0.1, 0.15) is 6.61 Å². The second-order valence-electron chi connectivity index (χ2n) is 4.49. The predicted molar refractivity (Wildman–Crippen MR) is 60.6 cm³/mol. The molecule has 0 aromatic rings. The Morgan fingerprint density at radius 1 is 1.27 bits per heavy atom. The molecule has 0 spiro atoms. The highest BCUT2D eigenvalue weighted by Gasteiger charge is 2.27. The fraction of sp³-hybridized carbons (Fsp3) is 0.917. The molecule has 0 unspecified atom stereocenters. The average molecular weight is 216 g/mol. The van der Waals surface area contributed by atoms with Gasteiger partial charge in [-0.3, -0.25) is 4.79 Å². The minimum absolute atomic E-state index is 0.127. The second kappa shape index (κ2) is 6.83. The maximum atomic E-state index is 11.3. The Balaban J connectivity index is 4.11. The van der Waals surface area contributed by atoms with Gasteiger partial charge in [-0.1, -0.05) is 40.5 Å². The van der Waals surface area contributed by atoms with Crippen LogP contribution < -0.4 is 0 Å². The van der Waals surface area contributed by atoms with E-state index in [9.17, 15) is 9.90 Å². The summed E-state index contributed by atoms with van der Waals surface area (Å²) in [5.41, 5.74) is -0.825. The molecule has 0 atom stereocenters. The highest BCUT2D eigenvalue weighted by molar-refractivity contribution is 5.71. The zero-order valence-electron chi connectivity index (χ0n) is 10.4. The third kappa shape index (κ3) is 5.78. The van der Waals surface area contributed by atoms with Crippen LogP contribution in [0.2, 0.25) is 0 Å². The molecule has 15 heavy (non-hydrogen) atoms. The van der Waals surface area contributed by atoms with Crippen LogP contribution in [-0.2, 0) is 9.53 Å². The van der Waals surface area contributed by atoms with E-state index < -0.39 is 5.60 Å². The summed E-state index contributed by atoms with van der Waals surface area (Å²) in [4.78, 5) is 11.3. The van der Waals surface area contributed by atoms with E-state index in [0.29, 0.717) is 12.8 Å². The van der Waals surface area contributed by atoms with Crippen LogP contribution in [-0.4, -0.2) is 23.3 Å². The van der Waals surface area contributed by atoms with Crippen molar-refractivity contribution in [2.24, 2.45) is 5.92 Å². The lowest BCUT2D eigenvalue weighted by Crippen LogP contribution is -2.36. The first-order valence-corrected chi connectivity index (χ1v) is 5.84. The number of hydrogen-bond donors (Lipinski definition) is 1. The molecular weight excluding hydrogens is 192 g/mol. The Morgan fingerprint density at radius 2 is 1.73 bits per heavy atom. The quantitative estimate of drug-likeness (QED) is 0.665. The van der Waals surface area contributed by atoms with E-state index in [2.05, 4.69) is 0 Å². The molecule has 0 aliphatic rings. The van der Waals surface area contributed by atoms with Gasteiger partial charge >= 0.3 is 5.97 Å². The van der Waals surface area contributed by atoms with Crippen LogP contribution in [0.3, 0.4) is 0 Å². The molecule has 0 rings (SSSR count). The molecule has 0 saturated carbocycles. The molecule has 3 heteroatoms. The molecule has 0 radical (unpaired) electrons. The molecule has 0 bridgehead atoms. The number of hydrogen-bond acceptors (Lipinski definition) is 3. The summed E-state index contributed by atoms with van der Waals surface area (Å²) in [7, 11) is 0. The van der Waals surface area contributed by atoms with Crippen LogP contribution in [0.15, 0.2) is 0 Å². The predicted octanol–water partition coefficient (Wildman–Crippen LogP) is 2.52. The van der Waals surface area contributed by atoms with Gasteiger partial charge in [-0.2, -0.15) is 0 Å². The Hall–Kier alpha value is -0.570. The second-order valence-corrected chi connectivity index (χ2v) is 4.49. The lowest BCUT2D eigenvalue weighted by Gasteiger charge is -2.27. The summed E-state index contributed by atoms with van der Waals surface area (Å²) in [6, 6.07) is 0. The van der Waals surface area contributed by atoms with Gasteiger partial charge in [0.05, 0.1) is 11.5 Å². The summed E-state index contributed by atoms with van der Waals surface area (Å²) < 4.78 is 5.08. The summed E-state index contributed by atoms with van der Waals surface area (Å²) in [5, 5.41) is 10.2. The Bertz CT molecular complexity index is 181. The normalized spacial score (nSPS) is 11.9. The van der Waals surface area contributed by atoms with E-state index in [1.54, 1.807) is 13.8 Å². The van der Waals surface area contributed by atoms with Gasteiger partial charge in [-0.25, -0.2) is 0 Å². The van der Waals surface area contributed by atoms with Crippen molar-refractivity contribution in [3.05, 3.63) is 0 Å². The average Bonchev–Trinajstić information content (AvgIpc) is 2.15. The Labute approximate surface area is 92.8 Å². The fourth-order valence-corrected chi connectivity index (χ4v) is 1.57. The van der Waals surface area contributed by atoms with Gasteiger partial charge in [0, 0.05) is 0 Å². The molecule has 3 nitrogen and oxygen atoms in total. The monoisotopic (exact) mass is 216 g/mol. The molecule has 0 aliphatic carbocycles. The third-order valence-electron chi connectivity index (χ3n) is 2.39. The van der Waals surface area contributed by atoms with E-state index >= 15 is 0 Å². The van der Waals surface area contributed by atoms with Gasteiger partial charge in [0.2, 0.25) is 0 Å². The van der Waals surface area contributed by atoms with Gasteiger partial charge < -0.3 is 9.84 Å². The Morgan fingerprint density at radius 3 is 2.07 bits per heavy atom. The highest BCUT2D eigenvalue weighted by Crippen LogP contribution is 2.20. The fourth-order valence-electron chi connectivity index (χ4n) is 1.57. The first kappa shape index (κ1) is 14.4. The minimum atomic E-state index is -0.825. The zero-order chi connectivity index (χ0) is 11.9. The van der Waals surface area contributed by atoms with Crippen LogP contribution in [0.1, 0.15) is 53.4 Å². The maximum absolute atomic E-state index is 11.3. The van der Waals surface area contributed by atoms with Crippen LogP contribution >= 0.6 is 0 Å². The lowest BCUT2D eigenvalue weighted by atomic mass is 9.94. The summed E-state index contributed by atoms with van der Waals surface area (Å²) in [6.45, 7) is 7.75. The van der Waals surface area contributed by atoms with Crippen molar-refractivity contribution in [1.29, 1.82) is 0 Å². The van der Waals surface area contributed by atoms with Gasteiger partial charge in [-0.05, 0) is 12.8 Å². The smallest absolute Gasteiger partial charge is 0.308 e. The van der Waals surface area contributed by atoms with Crippen molar-refractivity contribution in [3.8, 4) is 0 Å². The first-order chi connectivity index (χ1) is 6.95. The summed E-state index contributed by atoms with van der Waals surface area (Å²) in [5.74, 6) is -0.363. The van der Waals surface area contributed by atoms with Gasteiger partial charge in [-0.15, -0.1) is 0 Å². The molecule has 1 N–H and O–H groups in total. The molecule has 0 aliphatic heterocycles. The zero-order valence-corrected chi connectivity index (χ0v) is 10.4. The number of carbonyl (C=O) groups excluding carboxylic acids is 1. The minimum Gasteiger partial charge on any atom is -0.462 e. The van der Waals surface area contributed by atoms with Crippen LogP contribution in [0.4, 0.5) is 0 Å². The molecule has 0 amide bonds. The largest absolute Gasteiger partial charge is 0.462 e. The van der Waals surface area contributed by atoms with E-state index in [1.165, 1.54) is 0 Å². The van der Waals surface area contributed by atoms with Crippen LogP contribution in [0, 0.1) is 5.92 Å². The van der Waals surface area contributed by atoms with E-state index in [1.807, 2.05) is 13.8 Å². The molecule has 0 aromatic carbocycles. The highest BCUT2D eigenvalue weighted by atomic mass is 16.5. The van der Waals surface area contributed by atoms with E-state index in [-0.39, 0.29) is 18.5 Å². The molecule has 0 fully saturated rings. The van der Waals surface area contributed by atoms with Crippen molar-refractivity contribution in [1.82, 2.24) is 0 Å². The molecule has 0 heterocycles. The van der Waals surface area contributed by atoms with Gasteiger partial charge in [0.15, 0.2) is 0 Å². The maximum Gasteiger partial charge on any atom is 0.308 e. The number of ether oxygens (including phenoxy) is 1. The SMILES string of the molecule is CCCC(O)(CCC)COC(=O)C(C)C. The van der Waals surface area contributed by atoms with Crippen molar-refractivity contribution >= 4 is 5.97 Å².